The topological polar surface area (TPSA) is 46.5 Å². The van der Waals surface area contributed by atoms with Crippen LogP contribution in [0.5, 0.6) is 0 Å². The molecule has 0 rings (SSSR count). The molecule has 0 spiro atoms. The van der Waals surface area contributed by atoms with Gasteiger partial charge in [0.2, 0.25) is 0 Å². The Kier molecular flexibility index (Phi) is 16.5. The minimum absolute atomic E-state index is 0.0490. The SMILES string of the molecule is CC/C=C/CCCCCCC(OCCCCC)SCC(=O)O. The van der Waals surface area contributed by atoms with E-state index in [1.165, 1.54) is 50.3 Å². The van der Waals surface area contributed by atoms with Gasteiger partial charge in [-0.2, -0.15) is 0 Å². The summed E-state index contributed by atoms with van der Waals surface area (Å²) in [5.41, 5.74) is 0.0490. The Hall–Kier alpha value is -0.480. The zero-order valence-electron chi connectivity index (χ0n) is 14.4. The van der Waals surface area contributed by atoms with Gasteiger partial charge in [-0.1, -0.05) is 51.7 Å². The number of unbranched alkanes of at least 4 members (excludes halogenated alkanes) is 6. The molecule has 0 aliphatic carbocycles. The van der Waals surface area contributed by atoms with Gasteiger partial charge in [-0.05, 0) is 38.5 Å². The van der Waals surface area contributed by atoms with Gasteiger partial charge in [0.1, 0.15) is 5.44 Å². The molecule has 0 heterocycles. The third-order valence-corrected chi connectivity index (χ3v) is 4.56. The van der Waals surface area contributed by atoms with E-state index in [1.807, 2.05) is 0 Å². The van der Waals surface area contributed by atoms with Crippen molar-refractivity contribution in [2.24, 2.45) is 0 Å². The summed E-state index contributed by atoms with van der Waals surface area (Å²) in [6.45, 7) is 5.09. The highest BCUT2D eigenvalue weighted by Crippen LogP contribution is 2.20. The molecule has 0 aromatic heterocycles. The van der Waals surface area contributed by atoms with Gasteiger partial charge >= 0.3 is 5.97 Å². The van der Waals surface area contributed by atoms with Gasteiger partial charge in [0, 0.05) is 6.61 Å². The van der Waals surface area contributed by atoms with Crippen LogP contribution in [0.15, 0.2) is 12.2 Å². The molecule has 1 atom stereocenters. The summed E-state index contributed by atoms with van der Waals surface area (Å²) in [5.74, 6) is -0.616. The summed E-state index contributed by atoms with van der Waals surface area (Å²) in [6, 6.07) is 0. The molecule has 0 saturated carbocycles. The molecule has 1 N–H and O–H groups in total. The average Bonchev–Trinajstić information content (AvgIpc) is 2.50. The minimum Gasteiger partial charge on any atom is -0.481 e. The molecule has 0 saturated heterocycles. The van der Waals surface area contributed by atoms with Crippen molar-refractivity contribution < 1.29 is 14.6 Å². The zero-order valence-corrected chi connectivity index (χ0v) is 15.2. The predicted molar refractivity (Wildman–Crippen MR) is 96.5 cm³/mol. The quantitative estimate of drug-likeness (QED) is 0.226. The normalized spacial score (nSPS) is 12.8. The third-order valence-electron chi connectivity index (χ3n) is 3.41. The van der Waals surface area contributed by atoms with Gasteiger partial charge in [0.05, 0.1) is 5.75 Å². The molecule has 0 fully saturated rings. The first-order chi connectivity index (χ1) is 10.7. The second-order valence-electron chi connectivity index (χ2n) is 5.58. The van der Waals surface area contributed by atoms with Crippen molar-refractivity contribution in [3.63, 3.8) is 0 Å². The van der Waals surface area contributed by atoms with Crippen molar-refractivity contribution in [1.29, 1.82) is 0 Å². The average molecular weight is 331 g/mol. The molecular weight excluding hydrogens is 296 g/mol. The first kappa shape index (κ1) is 21.5. The van der Waals surface area contributed by atoms with E-state index in [0.29, 0.717) is 0 Å². The molecule has 0 aliphatic heterocycles. The fourth-order valence-corrected chi connectivity index (χ4v) is 3.01. The number of allylic oxidation sites excluding steroid dienone is 2. The van der Waals surface area contributed by atoms with Crippen LogP contribution in [0.3, 0.4) is 0 Å². The van der Waals surface area contributed by atoms with Crippen LogP contribution in [-0.2, 0) is 9.53 Å². The molecule has 1 unspecified atom stereocenters. The van der Waals surface area contributed by atoms with Crippen molar-refractivity contribution in [2.45, 2.75) is 83.5 Å². The van der Waals surface area contributed by atoms with Crippen LogP contribution in [0.25, 0.3) is 0 Å². The van der Waals surface area contributed by atoms with Gasteiger partial charge in [-0.15, -0.1) is 11.8 Å². The van der Waals surface area contributed by atoms with Crippen LogP contribution in [0.1, 0.15) is 78.1 Å². The number of thioether (sulfide) groups is 1. The van der Waals surface area contributed by atoms with Gasteiger partial charge < -0.3 is 9.84 Å². The molecule has 0 aliphatic rings. The number of aliphatic carboxylic acids is 1. The minimum atomic E-state index is -0.755. The second kappa shape index (κ2) is 16.9. The van der Waals surface area contributed by atoms with Gasteiger partial charge in [0.15, 0.2) is 0 Å². The molecule has 0 bridgehead atoms. The van der Waals surface area contributed by atoms with Crippen LogP contribution in [-0.4, -0.2) is 28.9 Å². The smallest absolute Gasteiger partial charge is 0.313 e. The third kappa shape index (κ3) is 15.9. The van der Waals surface area contributed by atoms with Crippen LogP contribution in [0, 0.1) is 0 Å². The van der Waals surface area contributed by atoms with Crippen molar-refractivity contribution in [3.05, 3.63) is 12.2 Å². The lowest BCUT2D eigenvalue weighted by atomic mass is 10.1. The van der Waals surface area contributed by atoms with E-state index in [9.17, 15) is 4.79 Å². The second-order valence-corrected chi connectivity index (χ2v) is 6.73. The van der Waals surface area contributed by atoms with E-state index in [4.69, 9.17) is 9.84 Å². The van der Waals surface area contributed by atoms with Crippen molar-refractivity contribution >= 4 is 17.7 Å². The molecule has 130 valence electrons. The number of hydrogen-bond donors (Lipinski definition) is 1. The number of hydrogen-bond acceptors (Lipinski definition) is 3. The summed E-state index contributed by atoms with van der Waals surface area (Å²) in [4.78, 5) is 10.7. The number of rotatable bonds is 16. The molecule has 22 heavy (non-hydrogen) atoms. The summed E-state index contributed by atoms with van der Waals surface area (Å²) >= 11 is 1.43. The van der Waals surface area contributed by atoms with E-state index in [2.05, 4.69) is 26.0 Å². The summed E-state index contributed by atoms with van der Waals surface area (Å²) in [5, 5.41) is 8.80. The molecule has 3 nitrogen and oxygen atoms in total. The van der Waals surface area contributed by atoms with Crippen LogP contribution < -0.4 is 0 Å². The number of carbonyl (C=O) groups is 1. The highest BCUT2D eigenvalue weighted by molar-refractivity contribution is 8.00. The van der Waals surface area contributed by atoms with Gasteiger partial charge in [0.25, 0.3) is 0 Å². The van der Waals surface area contributed by atoms with Crippen LogP contribution >= 0.6 is 11.8 Å². The lowest BCUT2D eigenvalue weighted by Gasteiger charge is -2.16. The van der Waals surface area contributed by atoms with E-state index >= 15 is 0 Å². The maximum Gasteiger partial charge on any atom is 0.313 e. The maximum absolute atomic E-state index is 10.7. The highest BCUT2D eigenvalue weighted by Gasteiger charge is 2.11. The molecular formula is C18H34O3S. The Morgan fingerprint density at radius 2 is 1.86 bits per heavy atom. The zero-order chi connectivity index (χ0) is 16.5. The Morgan fingerprint density at radius 3 is 2.55 bits per heavy atom. The fourth-order valence-electron chi connectivity index (χ4n) is 2.16. The van der Waals surface area contributed by atoms with Gasteiger partial charge in [-0.25, -0.2) is 0 Å². The summed E-state index contributed by atoms with van der Waals surface area (Å²) in [6.07, 6.45) is 16.0. The fraction of sp³-hybridized carbons (Fsp3) is 0.833. The lowest BCUT2D eigenvalue weighted by Crippen LogP contribution is -2.13. The molecule has 0 amide bonds. The summed E-state index contributed by atoms with van der Waals surface area (Å²) < 4.78 is 5.84. The van der Waals surface area contributed by atoms with Crippen molar-refractivity contribution in [3.8, 4) is 0 Å². The summed E-state index contributed by atoms with van der Waals surface area (Å²) in [7, 11) is 0. The largest absolute Gasteiger partial charge is 0.481 e. The van der Waals surface area contributed by atoms with Gasteiger partial charge in [-0.3, -0.25) is 4.79 Å². The monoisotopic (exact) mass is 330 g/mol. The van der Waals surface area contributed by atoms with E-state index in [1.54, 1.807) is 0 Å². The van der Waals surface area contributed by atoms with Crippen LogP contribution in [0.4, 0.5) is 0 Å². The maximum atomic E-state index is 10.7. The number of carboxylic acids is 1. The first-order valence-electron chi connectivity index (χ1n) is 8.80. The van der Waals surface area contributed by atoms with Crippen LogP contribution in [0.2, 0.25) is 0 Å². The van der Waals surface area contributed by atoms with E-state index < -0.39 is 5.97 Å². The molecule has 0 aromatic rings. The number of carboxylic acid groups (broad SMARTS) is 1. The Bertz CT molecular complexity index is 280. The van der Waals surface area contributed by atoms with Crippen molar-refractivity contribution in [1.82, 2.24) is 0 Å². The standard InChI is InChI=1S/C18H34O3S/c1-3-5-7-8-9-10-11-12-14-18(22-16-17(19)20)21-15-13-6-4-2/h5,7,18H,3-4,6,8-16H2,1-2H3,(H,19,20)/b7-5+. The Balaban J connectivity index is 3.71. The van der Waals surface area contributed by atoms with E-state index in [0.717, 1.165) is 32.3 Å². The first-order valence-corrected chi connectivity index (χ1v) is 9.85. The van der Waals surface area contributed by atoms with E-state index in [-0.39, 0.29) is 11.2 Å². The Labute approximate surface area is 140 Å². The molecule has 4 heteroatoms. The Morgan fingerprint density at radius 1 is 1.09 bits per heavy atom. The van der Waals surface area contributed by atoms with Crippen molar-refractivity contribution in [2.75, 3.05) is 12.4 Å². The highest BCUT2D eigenvalue weighted by atomic mass is 32.2. The molecule has 0 radical (unpaired) electrons. The molecule has 0 aromatic carbocycles. The number of ether oxygens (including phenoxy) is 1. The lowest BCUT2D eigenvalue weighted by molar-refractivity contribution is -0.133. The predicted octanol–water partition coefficient (Wildman–Crippen LogP) is 5.64.